The summed E-state index contributed by atoms with van der Waals surface area (Å²) in [6, 6.07) is 6.82. The molecule has 5 nitrogen and oxygen atoms in total. The normalized spacial score (nSPS) is 16.9. The number of hydrogen-bond acceptors (Lipinski definition) is 4. The second-order valence-corrected chi connectivity index (χ2v) is 7.77. The smallest absolute Gasteiger partial charge is 0.416 e. The van der Waals surface area contributed by atoms with E-state index in [2.05, 4.69) is 10.2 Å². The molecule has 1 aliphatic heterocycles. The van der Waals surface area contributed by atoms with Gasteiger partial charge in [0.05, 0.1) is 17.0 Å². The van der Waals surface area contributed by atoms with E-state index in [4.69, 9.17) is 4.42 Å². The average molecular weight is 469 g/mol. The molecule has 3 aromatic rings. The average Bonchev–Trinajstić information content (AvgIpc) is 3.41. The molecule has 0 aliphatic carbocycles. The summed E-state index contributed by atoms with van der Waals surface area (Å²) in [6.45, 7) is 2.48. The van der Waals surface area contributed by atoms with E-state index in [0.29, 0.717) is 43.4 Å². The summed E-state index contributed by atoms with van der Waals surface area (Å²) in [5.74, 6) is 0.470. The number of halogens is 6. The van der Waals surface area contributed by atoms with Gasteiger partial charge in [-0.25, -0.2) is 0 Å². The van der Waals surface area contributed by atoms with Crippen LogP contribution in [-0.2, 0) is 12.4 Å². The van der Waals surface area contributed by atoms with Crippen molar-refractivity contribution in [2.24, 2.45) is 0 Å². The zero-order valence-corrected chi connectivity index (χ0v) is 17.2. The van der Waals surface area contributed by atoms with E-state index in [1.807, 2.05) is 0 Å². The van der Waals surface area contributed by atoms with Gasteiger partial charge in [-0.1, -0.05) is 12.1 Å². The van der Waals surface area contributed by atoms with Gasteiger partial charge < -0.3 is 9.32 Å². The summed E-state index contributed by atoms with van der Waals surface area (Å²) < 4.78 is 84.1. The highest BCUT2D eigenvalue weighted by Gasteiger charge is 2.37. The Morgan fingerprint density at radius 1 is 0.939 bits per heavy atom. The number of nitrogens with zero attached hydrogens (tertiary/aromatic N) is 3. The van der Waals surface area contributed by atoms with E-state index in [0.717, 1.165) is 0 Å². The Balaban J connectivity index is 1.55. The third-order valence-electron chi connectivity index (χ3n) is 5.42. The highest BCUT2D eigenvalue weighted by molar-refractivity contribution is 5.95. The van der Waals surface area contributed by atoms with Crippen molar-refractivity contribution in [2.75, 3.05) is 13.1 Å². The van der Waals surface area contributed by atoms with Crippen molar-refractivity contribution in [1.29, 1.82) is 0 Å². The van der Waals surface area contributed by atoms with E-state index in [1.165, 1.54) is 24.3 Å². The number of aromatic nitrogens is 2. The molecule has 0 saturated carbocycles. The van der Waals surface area contributed by atoms with Gasteiger partial charge in [0.1, 0.15) is 0 Å². The van der Waals surface area contributed by atoms with Crippen LogP contribution in [-0.4, -0.2) is 34.1 Å². The molecular formula is C22H17F6N3O2. The number of carbonyl (C=O) groups excluding carboxylic acids is 1. The molecule has 4 rings (SSSR count). The van der Waals surface area contributed by atoms with Crippen LogP contribution in [0, 0.1) is 6.92 Å². The molecule has 174 valence electrons. The zero-order valence-electron chi connectivity index (χ0n) is 17.2. The van der Waals surface area contributed by atoms with Crippen molar-refractivity contribution in [3.63, 3.8) is 0 Å². The summed E-state index contributed by atoms with van der Waals surface area (Å²) in [5, 5.41) is 7.75. The third kappa shape index (κ3) is 4.86. The van der Waals surface area contributed by atoms with Crippen molar-refractivity contribution in [3.8, 4) is 11.1 Å². The van der Waals surface area contributed by atoms with Crippen LogP contribution in [0.5, 0.6) is 0 Å². The first-order valence-corrected chi connectivity index (χ1v) is 9.91. The molecule has 0 radical (unpaired) electrons. The second-order valence-electron chi connectivity index (χ2n) is 7.77. The summed E-state index contributed by atoms with van der Waals surface area (Å²) in [7, 11) is 0. The molecule has 1 aromatic heterocycles. The lowest BCUT2D eigenvalue weighted by atomic mass is 9.98. The van der Waals surface area contributed by atoms with E-state index in [-0.39, 0.29) is 34.6 Å². The van der Waals surface area contributed by atoms with Crippen molar-refractivity contribution in [3.05, 3.63) is 70.9 Å². The van der Waals surface area contributed by atoms with E-state index >= 15 is 0 Å². The molecule has 0 spiro atoms. The Hall–Kier alpha value is -3.37. The molecule has 1 fully saturated rings. The lowest BCUT2D eigenvalue weighted by molar-refractivity contribution is -0.143. The van der Waals surface area contributed by atoms with Gasteiger partial charge in [0, 0.05) is 25.6 Å². The predicted octanol–water partition coefficient (Wildman–Crippen LogP) is 5.71. The van der Waals surface area contributed by atoms with Gasteiger partial charge in [0.15, 0.2) is 0 Å². The molecule has 0 bridgehead atoms. The first-order chi connectivity index (χ1) is 15.4. The quantitative estimate of drug-likeness (QED) is 0.461. The maximum Gasteiger partial charge on any atom is 0.416 e. The molecule has 1 atom stereocenters. The van der Waals surface area contributed by atoms with Crippen LogP contribution in [0.15, 0.2) is 46.9 Å². The fraction of sp³-hybridized carbons (Fsp3) is 0.318. The monoisotopic (exact) mass is 469 g/mol. The topological polar surface area (TPSA) is 59.2 Å². The Labute approximate surface area is 184 Å². The first-order valence-electron chi connectivity index (χ1n) is 9.91. The van der Waals surface area contributed by atoms with Crippen LogP contribution in [0.1, 0.15) is 45.6 Å². The van der Waals surface area contributed by atoms with Gasteiger partial charge in [-0.3, -0.25) is 4.79 Å². The number of aryl methyl sites for hydroxylation is 1. The molecule has 0 N–H and O–H groups in total. The summed E-state index contributed by atoms with van der Waals surface area (Å²) >= 11 is 0. The van der Waals surface area contributed by atoms with Gasteiger partial charge >= 0.3 is 12.4 Å². The lowest BCUT2D eigenvalue weighted by Gasteiger charge is -2.17. The molecule has 1 saturated heterocycles. The number of likely N-dealkylation sites (tertiary alicyclic amines) is 1. The first kappa shape index (κ1) is 22.8. The van der Waals surface area contributed by atoms with Gasteiger partial charge in [0.2, 0.25) is 11.8 Å². The van der Waals surface area contributed by atoms with Crippen LogP contribution in [0.25, 0.3) is 11.1 Å². The van der Waals surface area contributed by atoms with Gasteiger partial charge in [-0.2, -0.15) is 26.3 Å². The number of benzene rings is 2. The van der Waals surface area contributed by atoms with Crippen molar-refractivity contribution < 1.29 is 35.6 Å². The molecule has 33 heavy (non-hydrogen) atoms. The van der Waals surface area contributed by atoms with Crippen molar-refractivity contribution in [2.45, 2.75) is 31.6 Å². The SMILES string of the molecule is Cc1nnc(C2CCN(C(=O)c3ccc(-c4cc(C(F)(F)F)cc(C(F)(F)F)c4)cc3)C2)o1. The number of rotatable bonds is 3. The van der Waals surface area contributed by atoms with Gasteiger partial charge in [0.25, 0.3) is 5.91 Å². The van der Waals surface area contributed by atoms with Crippen LogP contribution >= 0.6 is 0 Å². The number of hydrogen-bond donors (Lipinski definition) is 0. The molecule has 11 heteroatoms. The Bertz CT molecular complexity index is 1140. The highest BCUT2D eigenvalue weighted by Crippen LogP contribution is 2.38. The zero-order chi connectivity index (χ0) is 24.0. The number of carbonyl (C=O) groups is 1. The predicted molar refractivity (Wildman–Crippen MR) is 104 cm³/mol. The minimum atomic E-state index is -4.94. The van der Waals surface area contributed by atoms with Gasteiger partial charge in [-0.05, 0) is 47.9 Å². The van der Waals surface area contributed by atoms with E-state index in [1.54, 1.807) is 11.8 Å². The maximum atomic E-state index is 13.1. The number of alkyl halides is 6. The van der Waals surface area contributed by atoms with Crippen LogP contribution in [0.3, 0.4) is 0 Å². The summed E-state index contributed by atoms with van der Waals surface area (Å²) in [5.41, 5.74) is -2.64. The molecule has 1 unspecified atom stereocenters. The van der Waals surface area contributed by atoms with Crippen LogP contribution < -0.4 is 0 Å². The Kier molecular flexibility index (Phi) is 5.67. The van der Waals surface area contributed by atoms with E-state index < -0.39 is 23.5 Å². The molecular weight excluding hydrogens is 452 g/mol. The fourth-order valence-corrected chi connectivity index (χ4v) is 3.73. The summed E-state index contributed by atoms with van der Waals surface area (Å²) in [6.07, 6.45) is -9.24. The van der Waals surface area contributed by atoms with Crippen molar-refractivity contribution in [1.82, 2.24) is 15.1 Å². The van der Waals surface area contributed by atoms with E-state index in [9.17, 15) is 31.1 Å². The Morgan fingerprint density at radius 3 is 2.06 bits per heavy atom. The molecule has 2 heterocycles. The highest BCUT2D eigenvalue weighted by atomic mass is 19.4. The minimum Gasteiger partial charge on any atom is -0.425 e. The standard InChI is InChI=1S/C22H17F6N3O2/c1-12-29-30-19(33-12)15-6-7-31(11-15)20(32)14-4-2-13(3-5-14)16-8-17(21(23,24)25)10-18(9-16)22(26,27)28/h2-5,8-10,15H,6-7,11H2,1H3. The lowest BCUT2D eigenvalue weighted by Crippen LogP contribution is -2.28. The molecule has 1 aliphatic rings. The van der Waals surface area contributed by atoms with Crippen molar-refractivity contribution >= 4 is 5.91 Å². The summed E-state index contributed by atoms with van der Waals surface area (Å²) in [4.78, 5) is 14.4. The van der Waals surface area contributed by atoms with Crippen LogP contribution in [0.4, 0.5) is 26.3 Å². The Morgan fingerprint density at radius 2 is 1.55 bits per heavy atom. The largest absolute Gasteiger partial charge is 0.425 e. The minimum absolute atomic E-state index is 0.0794. The van der Waals surface area contributed by atoms with Crippen LogP contribution in [0.2, 0.25) is 0 Å². The maximum absolute atomic E-state index is 13.1. The fourth-order valence-electron chi connectivity index (χ4n) is 3.73. The molecule has 2 aromatic carbocycles. The third-order valence-corrected chi connectivity index (χ3v) is 5.42. The number of amides is 1. The molecule has 1 amide bonds. The second kappa shape index (κ2) is 8.20. The van der Waals surface area contributed by atoms with Gasteiger partial charge in [-0.15, -0.1) is 10.2 Å².